The van der Waals surface area contributed by atoms with Crippen LogP contribution >= 0.6 is 11.6 Å². The van der Waals surface area contributed by atoms with Crippen molar-refractivity contribution in [3.05, 3.63) is 64.2 Å². The van der Waals surface area contributed by atoms with Crippen LogP contribution in [-0.2, 0) is 9.47 Å². The number of fused-ring (bicyclic) bond motifs is 1. The summed E-state index contributed by atoms with van der Waals surface area (Å²) in [6.07, 6.45) is 0. The van der Waals surface area contributed by atoms with Gasteiger partial charge < -0.3 is 19.7 Å². The van der Waals surface area contributed by atoms with Crippen LogP contribution in [0.3, 0.4) is 0 Å². The highest BCUT2D eigenvalue weighted by Crippen LogP contribution is 2.34. The van der Waals surface area contributed by atoms with Crippen molar-refractivity contribution in [3.8, 4) is 6.07 Å². The van der Waals surface area contributed by atoms with Gasteiger partial charge in [0.1, 0.15) is 11.4 Å². The van der Waals surface area contributed by atoms with E-state index in [1.54, 1.807) is 18.2 Å². The second kappa shape index (κ2) is 10.1. The van der Waals surface area contributed by atoms with E-state index in [1.165, 1.54) is 0 Å². The van der Waals surface area contributed by atoms with Crippen LogP contribution in [0.1, 0.15) is 55.2 Å². The van der Waals surface area contributed by atoms with E-state index in [1.807, 2.05) is 52.0 Å². The van der Waals surface area contributed by atoms with Gasteiger partial charge in [-0.25, -0.2) is 9.78 Å². The van der Waals surface area contributed by atoms with Crippen LogP contribution in [0.4, 0.5) is 11.5 Å². The molecule has 0 amide bonds. The molecule has 2 heterocycles. The number of benzene rings is 2. The van der Waals surface area contributed by atoms with Gasteiger partial charge in [0.05, 0.1) is 42.0 Å². The van der Waals surface area contributed by atoms with Crippen molar-refractivity contribution in [1.82, 2.24) is 4.98 Å². The number of nitriles is 1. The first-order chi connectivity index (χ1) is 16.7. The molecule has 1 atom stereocenters. The van der Waals surface area contributed by atoms with Crippen LogP contribution in [-0.4, -0.2) is 42.9 Å². The molecule has 0 saturated carbocycles. The minimum Gasteiger partial charge on any atom is -0.456 e. The molecule has 35 heavy (non-hydrogen) atoms. The molecule has 1 fully saturated rings. The Kier molecular flexibility index (Phi) is 7.15. The number of halogens is 1. The molecule has 8 heteroatoms. The number of morpholine rings is 1. The van der Waals surface area contributed by atoms with Gasteiger partial charge in [-0.1, -0.05) is 23.7 Å². The van der Waals surface area contributed by atoms with Gasteiger partial charge in [0.15, 0.2) is 0 Å². The van der Waals surface area contributed by atoms with E-state index in [-0.39, 0.29) is 6.04 Å². The van der Waals surface area contributed by atoms with E-state index in [2.05, 4.69) is 16.3 Å². The number of hydrogen-bond donors (Lipinski definition) is 1. The zero-order chi connectivity index (χ0) is 25.2. The molecule has 1 N–H and O–H groups in total. The number of carbonyl (C=O) groups excluding carboxylic acids is 1. The van der Waals surface area contributed by atoms with Crippen LogP contribution in [0.5, 0.6) is 0 Å². The second-order valence-electron chi connectivity index (χ2n) is 9.54. The van der Waals surface area contributed by atoms with Crippen LogP contribution in [0.25, 0.3) is 10.9 Å². The summed E-state index contributed by atoms with van der Waals surface area (Å²) in [5.41, 5.74) is 2.53. The Morgan fingerprint density at radius 3 is 2.63 bits per heavy atom. The monoisotopic (exact) mass is 492 g/mol. The van der Waals surface area contributed by atoms with Crippen molar-refractivity contribution in [2.75, 3.05) is 36.5 Å². The van der Waals surface area contributed by atoms with Crippen molar-refractivity contribution >= 4 is 40.0 Å². The average molecular weight is 493 g/mol. The van der Waals surface area contributed by atoms with E-state index in [4.69, 9.17) is 26.1 Å². The molecular formula is C27H29ClN4O3. The molecule has 1 saturated heterocycles. The molecule has 1 aliphatic heterocycles. The topological polar surface area (TPSA) is 87.5 Å². The third-order valence-corrected chi connectivity index (χ3v) is 5.95. The van der Waals surface area contributed by atoms with Crippen LogP contribution in [0, 0.1) is 11.3 Å². The number of hydrogen-bond acceptors (Lipinski definition) is 7. The second-order valence-corrected chi connectivity index (χ2v) is 9.98. The van der Waals surface area contributed by atoms with Gasteiger partial charge in [-0.15, -0.1) is 0 Å². The molecule has 1 unspecified atom stereocenters. The van der Waals surface area contributed by atoms with Crippen molar-refractivity contribution in [1.29, 1.82) is 5.26 Å². The van der Waals surface area contributed by atoms with E-state index in [9.17, 15) is 10.1 Å². The molecule has 0 aliphatic carbocycles. The number of aromatic nitrogens is 1. The van der Waals surface area contributed by atoms with Gasteiger partial charge in [-0.05, 0) is 58.0 Å². The van der Waals surface area contributed by atoms with Gasteiger partial charge in [0, 0.05) is 34.7 Å². The number of pyridine rings is 1. The number of anilines is 2. The van der Waals surface area contributed by atoms with Crippen LogP contribution in [0.15, 0.2) is 42.5 Å². The lowest BCUT2D eigenvalue weighted by Gasteiger charge is -2.28. The number of para-hydroxylation sites is 1. The molecule has 3 aromatic rings. The highest BCUT2D eigenvalue weighted by Gasteiger charge is 2.23. The first-order valence-electron chi connectivity index (χ1n) is 11.6. The molecular weight excluding hydrogens is 464 g/mol. The fraction of sp³-hybridized carbons (Fsp3) is 0.370. The number of nitrogens with zero attached hydrogens (tertiary/aromatic N) is 3. The summed E-state index contributed by atoms with van der Waals surface area (Å²) < 4.78 is 11.1. The Hall–Kier alpha value is -3.34. The third kappa shape index (κ3) is 5.67. The molecule has 182 valence electrons. The van der Waals surface area contributed by atoms with Gasteiger partial charge >= 0.3 is 5.97 Å². The minimum absolute atomic E-state index is 0.265. The minimum atomic E-state index is -0.605. The standard InChI is InChI=1S/C27H29ClN4O3/c1-17(30-23-8-6-5-7-20(23)26(33)35-27(2,3)4)21-14-19(28)15-22-18(16-29)13-24(31-25(21)22)32-9-11-34-12-10-32/h5-8,13-15,17,30H,9-12H2,1-4H3. The predicted molar refractivity (Wildman–Crippen MR) is 138 cm³/mol. The van der Waals surface area contributed by atoms with E-state index in [0.29, 0.717) is 59.0 Å². The number of ether oxygens (including phenoxy) is 2. The SMILES string of the molecule is CC(Nc1ccccc1C(=O)OC(C)(C)C)c1cc(Cl)cc2c(C#N)cc(N3CCOCC3)nc12. The zero-order valence-electron chi connectivity index (χ0n) is 20.4. The Morgan fingerprint density at radius 2 is 1.94 bits per heavy atom. The lowest BCUT2D eigenvalue weighted by molar-refractivity contribution is 0.00706. The number of esters is 1. The summed E-state index contributed by atoms with van der Waals surface area (Å²) in [4.78, 5) is 19.9. The van der Waals surface area contributed by atoms with Crippen molar-refractivity contribution in [2.45, 2.75) is 39.3 Å². The predicted octanol–water partition coefficient (Wildman–Crippen LogP) is 5.72. The number of carbonyl (C=O) groups is 1. The van der Waals surface area contributed by atoms with Gasteiger partial charge in [-0.2, -0.15) is 5.26 Å². The normalized spacial score (nSPS) is 14.9. The first kappa shape index (κ1) is 24.8. The molecule has 0 radical (unpaired) electrons. The zero-order valence-corrected chi connectivity index (χ0v) is 21.1. The fourth-order valence-corrected chi connectivity index (χ4v) is 4.34. The Balaban J connectivity index is 1.75. The van der Waals surface area contributed by atoms with Crippen molar-refractivity contribution < 1.29 is 14.3 Å². The van der Waals surface area contributed by atoms with E-state index >= 15 is 0 Å². The average Bonchev–Trinajstić information content (AvgIpc) is 2.82. The van der Waals surface area contributed by atoms with Crippen LogP contribution in [0.2, 0.25) is 5.02 Å². The van der Waals surface area contributed by atoms with Crippen molar-refractivity contribution in [3.63, 3.8) is 0 Å². The third-order valence-electron chi connectivity index (χ3n) is 5.73. The summed E-state index contributed by atoms with van der Waals surface area (Å²) >= 11 is 6.48. The molecule has 1 aromatic heterocycles. The summed E-state index contributed by atoms with van der Waals surface area (Å²) in [6.45, 7) is 10.2. The molecule has 4 rings (SSSR count). The maximum absolute atomic E-state index is 12.8. The quantitative estimate of drug-likeness (QED) is 0.455. The highest BCUT2D eigenvalue weighted by atomic mass is 35.5. The summed E-state index contributed by atoms with van der Waals surface area (Å²) in [7, 11) is 0. The molecule has 2 aromatic carbocycles. The van der Waals surface area contributed by atoms with E-state index < -0.39 is 11.6 Å². The lowest BCUT2D eigenvalue weighted by Crippen LogP contribution is -2.36. The van der Waals surface area contributed by atoms with Gasteiger partial charge in [0.2, 0.25) is 0 Å². The maximum atomic E-state index is 12.8. The Bertz CT molecular complexity index is 1290. The van der Waals surface area contributed by atoms with Crippen LogP contribution < -0.4 is 10.2 Å². The van der Waals surface area contributed by atoms with E-state index in [0.717, 1.165) is 11.4 Å². The van der Waals surface area contributed by atoms with Gasteiger partial charge in [-0.3, -0.25) is 0 Å². The number of nitrogens with one attached hydrogen (secondary N) is 1. The smallest absolute Gasteiger partial charge is 0.340 e. The van der Waals surface area contributed by atoms with Crippen molar-refractivity contribution in [2.24, 2.45) is 0 Å². The maximum Gasteiger partial charge on any atom is 0.340 e. The van der Waals surface area contributed by atoms with Gasteiger partial charge in [0.25, 0.3) is 0 Å². The molecule has 1 aliphatic rings. The fourth-order valence-electron chi connectivity index (χ4n) is 4.11. The Labute approximate surface area is 210 Å². The largest absolute Gasteiger partial charge is 0.456 e. The first-order valence-corrected chi connectivity index (χ1v) is 12.0. The summed E-state index contributed by atoms with van der Waals surface area (Å²) in [5.74, 6) is 0.338. The Morgan fingerprint density at radius 1 is 1.23 bits per heavy atom. The summed E-state index contributed by atoms with van der Waals surface area (Å²) in [5, 5.41) is 14.5. The lowest BCUT2D eigenvalue weighted by atomic mass is 10.00. The number of rotatable bonds is 5. The molecule has 0 bridgehead atoms. The molecule has 7 nitrogen and oxygen atoms in total. The molecule has 0 spiro atoms. The summed E-state index contributed by atoms with van der Waals surface area (Å²) in [6, 6.07) is 14.7. The highest BCUT2D eigenvalue weighted by molar-refractivity contribution is 6.31.